The van der Waals surface area contributed by atoms with Crippen molar-refractivity contribution in [2.24, 2.45) is 0 Å². The number of hydrogen-bond donors (Lipinski definition) is 2. The highest BCUT2D eigenvalue weighted by atomic mass is 14.9. The second kappa shape index (κ2) is 7.25. The van der Waals surface area contributed by atoms with Crippen LogP contribution in [0.15, 0.2) is 84.9 Å². The lowest BCUT2D eigenvalue weighted by molar-refractivity contribution is 1.38. The van der Waals surface area contributed by atoms with Crippen LogP contribution in [-0.2, 0) is 0 Å². The van der Waals surface area contributed by atoms with E-state index in [2.05, 4.69) is 111 Å². The molecule has 0 aromatic heterocycles. The Morgan fingerprint density at radius 1 is 0.576 bits per heavy atom. The molecule has 0 heterocycles. The van der Waals surface area contributed by atoms with Crippen LogP contribution in [0, 0.1) is 20.8 Å². The second-order valence-electron chi connectivity index (χ2n) is 9.13. The average molecular weight is 427 g/mol. The highest BCUT2D eigenvalue weighted by Gasteiger charge is 2.16. The molecule has 0 aliphatic rings. The predicted molar refractivity (Wildman–Crippen MR) is 144 cm³/mol. The van der Waals surface area contributed by atoms with Gasteiger partial charge >= 0.3 is 0 Å². The molecule has 0 fully saturated rings. The summed E-state index contributed by atoms with van der Waals surface area (Å²) in [5, 5.41) is 11.0. The van der Waals surface area contributed by atoms with Crippen molar-refractivity contribution in [1.82, 2.24) is 0 Å². The maximum Gasteiger partial charge on any atom is 0.0474 e. The van der Waals surface area contributed by atoms with E-state index in [4.69, 9.17) is 5.73 Å². The molecule has 0 spiro atoms. The minimum absolute atomic E-state index is 0.848. The number of anilines is 3. The minimum atomic E-state index is 0.848. The lowest BCUT2D eigenvalue weighted by atomic mass is 9.88. The Morgan fingerprint density at radius 3 is 2.12 bits per heavy atom. The fraction of sp³-hybridized carbons (Fsp3) is 0.0968. The summed E-state index contributed by atoms with van der Waals surface area (Å²) in [5.41, 5.74) is 16.0. The summed E-state index contributed by atoms with van der Waals surface area (Å²) in [5.74, 6) is 0. The normalized spacial score (nSPS) is 11.6. The average Bonchev–Trinajstić information content (AvgIpc) is 2.81. The van der Waals surface area contributed by atoms with Crippen molar-refractivity contribution in [2.45, 2.75) is 20.8 Å². The Bertz CT molecular complexity index is 1680. The van der Waals surface area contributed by atoms with E-state index >= 15 is 0 Å². The summed E-state index contributed by atoms with van der Waals surface area (Å²) in [4.78, 5) is 0. The van der Waals surface area contributed by atoms with Crippen molar-refractivity contribution in [2.75, 3.05) is 11.1 Å². The fourth-order valence-corrected chi connectivity index (χ4v) is 5.20. The third-order valence-electron chi connectivity index (χ3n) is 6.91. The fourth-order valence-electron chi connectivity index (χ4n) is 5.20. The number of hydrogen-bond acceptors (Lipinski definition) is 2. The molecule has 6 rings (SSSR count). The zero-order chi connectivity index (χ0) is 22.7. The summed E-state index contributed by atoms with van der Waals surface area (Å²) >= 11 is 0. The van der Waals surface area contributed by atoms with Gasteiger partial charge in [-0.05, 0) is 77.2 Å². The van der Waals surface area contributed by atoms with Gasteiger partial charge in [0.15, 0.2) is 0 Å². The molecule has 0 atom stereocenters. The smallest absolute Gasteiger partial charge is 0.0474 e. The van der Waals surface area contributed by atoms with Crippen LogP contribution in [0.5, 0.6) is 0 Å². The predicted octanol–water partition coefficient (Wildman–Crippen LogP) is 8.50. The van der Waals surface area contributed by atoms with Gasteiger partial charge < -0.3 is 11.1 Å². The quantitative estimate of drug-likeness (QED) is 0.220. The van der Waals surface area contributed by atoms with E-state index in [1.54, 1.807) is 0 Å². The molecule has 160 valence electrons. The largest absolute Gasteiger partial charge is 0.398 e. The third kappa shape index (κ3) is 3.02. The van der Waals surface area contributed by atoms with Gasteiger partial charge in [-0.3, -0.25) is 0 Å². The highest BCUT2D eigenvalue weighted by Crippen LogP contribution is 2.44. The molecule has 0 bridgehead atoms. The highest BCUT2D eigenvalue weighted by molar-refractivity contribution is 6.28. The van der Waals surface area contributed by atoms with E-state index in [9.17, 15) is 0 Å². The second-order valence-corrected chi connectivity index (χ2v) is 9.13. The van der Waals surface area contributed by atoms with Crippen LogP contribution >= 0.6 is 0 Å². The van der Waals surface area contributed by atoms with Gasteiger partial charge in [-0.1, -0.05) is 72.3 Å². The number of benzene rings is 6. The van der Waals surface area contributed by atoms with Crippen molar-refractivity contribution in [3.8, 4) is 11.1 Å². The molecule has 0 amide bonds. The molecule has 0 aliphatic carbocycles. The molecule has 0 radical (unpaired) electrons. The van der Waals surface area contributed by atoms with E-state index < -0.39 is 0 Å². The third-order valence-corrected chi connectivity index (χ3v) is 6.91. The molecular weight excluding hydrogens is 400 g/mol. The standard InChI is InChI=1S/C31H26N2/c1-18-8-12-23(20(3)16-18)26-17-22-10-13-24-28(33-27-7-5-4-6-19(27)2)15-11-21-9-14-25(31(26)32)30(22)29(21)24/h4-17,33H,32H2,1-3H3. The van der Waals surface area contributed by atoms with Gasteiger partial charge in [0.05, 0.1) is 0 Å². The van der Waals surface area contributed by atoms with Crippen molar-refractivity contribution >= 4 is 49.4 Å². The monoisotopic (exact) mass is 426 g/mol. The number of para-hydroxylation sites is 1. The molecular formula is C31H26N2. The first kappa shape index (κ1) is 19.6. The van der Waals surface area contributed by atoms with Crippen LogP contribution in [-0.4, -0.2) is 0 Å². The number of nitrogens with two attached hydrogens (primary N) is 1. The van der Waals surface area contributed by atoms with E-state index in [0.717, 1.165) is 28.0 Å². The van der Waals surface area contributed by atoms with Crippen LogP contribution < -0.4 is 11.1 Å². The number of nitrogens with one attached hydrogen (secondary N) is 1. The van der Waals surface area contributed by atoms with Crippen LogP contribution in [0.3, 0.4) is 0 Å². The maximum atomic E-state index is 6.83. The Balaban J connectivity index is 1.62. The minimum Gasteiger partial charge on any atom is -0.398 e. The Kier molecular flexibility index (Phi) is 4.31. The molecule has 0 saturated heterocycles. The lowest BCUT2D eigenvalue weighted by Gasteiger charge is -2.19. The van der Waals surface area contributed by atoms with Crippen LogP contribution in [0.1, 0.15) is 16.7 Å². The lowest BCUT2D eigenvalue weighted by Crippen LogP contribution is -1.97. The molecule has 2 heteroatoms. The Labute approximate surface area is 194 Å². The molecule has 0 saturated carbocycles. The van der Waals surface area contributed by atoms with Gasteiger partial charge in [-0.15, -0.1) is 0 Å². The number of aryl methyl sites for hydroxylation is 3. The first-order chi connectivity index (χ1) is 16.0. The van der Waals surface area contributed by atoms with Crippen molar-refractivity contribution < 1.29 is 0 Å². The number of rotatable bonds is 3. The maximum absolute atomic E-state index is 6.83. The van der Waals surface area contributed by atoms with E-state index in [1.807, 2.05) is 0 Å². The van der Waals surface area contributed by atoms with Gasteiger partial charge in [0.2, 0.25) is 0 Å². The topological polar surface area (TPSA) is 38.0 Å². The van der Waals surface area contributed by atoms with E-state index in [-0.39, 0.29) is 0 Å². The molecule has 0 unspecified atom stereocenters. The summed E-state index contributed by atoms with van der Waals surface area (Å²) < 4.78 is 0. The van der Waals surface area contributed by atoms with Crippen molar-refractivity contribution in [3.05, 3.63) is 102 Å². The van der Waals surface area contributed by atoms with Crippen LogP contribution in [0.2, 0.25) is 0 Å². The zero-order valence-corrected chi connectivity index (χ0v) is 19.2. The van der Waals surface area contributed by atoms with Gasteiger partial charge in [-0.25, -0.2) is 0 Å². The van der Waals surface area contributed by atoms with E-state index in [0.29, 0.717) is 0 Å². The van der Waals surface area contributed by atoms with Gasteiger partial charge in [0.25, 0.3) is 0 Å². The van der Waals surface area contributed by atoms with Gasteiger partial charge in [0.1, 0.15) is 0 Å². The first-order valence-corrected chi connectivity index (χ1v) is 11.4. The van der Waals surface area contributed by atoms with Gasteiger partial charge in [0, 0.05) is 33.4 Å². The van der Waals surface area contributed by atoms with Gasteiger partial charge in [-0.2, -0.15) is 0 Å². The molecule has 6 aromatic rings. The molecule has 6 aromatic carbocycles. The zero-order valence-electron chi connectivity index (χ0n) is 19.2. The Morgan fingerprint density at radius 2 is 1.30 bits per heavy atom. The summed E-state index contributed by atoms with van der Waals surface area (Å²) in [6.07, 6.45) is 0. The van der Waals surface area contributed by atoms with Crippen LogP contribution in [0.25, 0.3) is 43.4 Å². The summed E-state index contributed by atoms with van der Waals surface area (Å²) in [6, 6.07) is 30.5. The molecule has 0 aliphatic heterocycles. The number of nitrogen functional groups attached to an aromatic ring is 1. The molecule has 3 N–H and O–H groups in total. The van der Waals surface area contributed by atoms with Crippen LogP contribution in [0.4, 0.5) is 17.1 Å². The van der Waals surface area contributed by atoms with E-state index in [1.165, 1.54) is 49.2 Å². The van der Waals surface area contributed by atoms with Crippen molar-refractivity contribution in [1.29, 1.82) is 0 Å². The first-order valence-electron chi connectivity index (χ1n) is 11.4. The Hall–Kier alpha value is -4.04. The summed E-state index contributed by atoms with van der Waals surface area (Å²) in [6.45, 7) is 6.42. The molecule has 2 nitrogen and oxygen atoms in total. The molecule has 33 heavy (non-hydrogen) atoms. The SMILES string of the molecule is Cc1ccc(-c2cc3ccc4c(Nc5ccccc5C)ccc5ccc(c2N)c3c54)c(C)c1. The van der Waals surface area contributed by atoms with Crippen molar-refractivity contribution in [3.63, 3.8) is 0 Å². The summed E-state index contributed by atoms with van der Waals surface area (Å²) in [7, 11) is 0.